The van der Waals surface area contributed by atoms with Gasteiger partial charge in [-0.1, -0.05) is 86.0 Å². The molecule has 0 aliphatic heterocycles. The predicted molar refractivity (Wildman–Crippen MR) is 84.0 cm³/mol. The highest BCUT2D eigenvalue weighted by atomic mass is 79.9. The molecule has 0 N–H and O–H groups in total. The van der Waals surface area contributed by atoms with Crippen LogP contribution in [0, 0.1) is 0 Å². The zero-order valence-corrected chi connectivity index (χ0v) is 13.2. The van der Waals surface area contributed by atoms with Crippen LogP contribution in [0.15, 0.2) is 54.1 Å². The van der Waals surface area contributed by atoms with Crippen molar-refractivity contribution in [2.24, 2.45) is 0 Å². The molecule has 2 heteroatoms. The van der Waals surface area contributed by atoms with Crippen LogP contribution in [0.2, 0.25) is 0 Å². The molecule has 0 radical (unpaired) electrons. The summed E-state index contributed by atoms with van der Waals surface area (Å²) < 4.78 is 0. The molecule has 1 aromatic rings. The monoisotopic (exact) mass is 356 g/mol. The Labute approximate surface area is 121 Å². The molecule has 1 unspecified atom stereocenters. The molecule has 0 saturated carbocycles. The molecule has 92 valence electrons. The second kappa shape index (κ2) is 8.71. The van der Waals surface area contributed by atoms with Gasteiger partial charge in [-0.05, 0) is 30.7 Å². The van der Waals surface area contributed by atoms with Crippen molar-refractivity contribution in [3.63, 3.8) is 0 Å². The van der Waals surface area contributed by atoms with Gasteiger partial charge in [-0.3, -0.25) is 0 Å². The fourth-order valence-corrected chi connectivity index (χ4v) is 2.48. The average molecular weight is 358 g/mol. The summed E-state index contributed by atoms with van der Waals surface area (Å²) in [4.78, 5) is 0.438. The van der Waals surface area contributed by atoms with Crippen LogP contribution >= 0.6 is 31.9 Å². The first-order chi connectivity index (χ1) is 8.36. The number of halogens is 2. The van der Waals surface area contributed by atoms with Gasteiger partial charge < -0.3 is 0 Å². The van der Waals surface area contributed by atoms with E-state index in [1.54, 1.807) is 0 Å². The second-order valence-electron chi connectivity index (χ2n) is 3.84. The van der Waals surface area contributed by atoms with Gasteiger partial charge in [-0.15, -0.1) is 0 Å². The van der Waals surface area contributed by atoms with E-state index in [2.05, 4.69) is 80.4 Å². The van der Waals surface area contributed by atoms with E-state index in [1.165, 1.54) is 24.0 Å². The highest BCUT2D eigenvalue weighted by Gasteiger charge is 2.08. The van der Waals surface area contributed by atoms with Gasteiger partial charge in [-0.25, -0.2) is 0 Å². The Bertz CT molecular complexity index is 366. The largest absolute Gasteiger partial charge is 0.0966 e. The van der Waals surface area contributed by atoms with Crippen molar-refractivity contribution in [2.75, 3.05) is 5.83 Å². The van der Waals surface area contributed by atoms with E-state index >= 15 is 0 Å². The number of allylic oxidation sites excluding steroid dienone is 4. The molecule has 0 amide bonds. The van der Waals surface area contributed by atoms with Crippen LogP contribution < -0.4 is 0 Å². The minimum absolute atomic E-state index is 0.438. The summed E-state index contributed by atoms with van der Waals surface area (Å²) in [6, 6.07) is 10.6. The number of hydrogen-bond donors (Lipinski definition) is 0. The highest BCUT2D eigenvalue weighted by Crippen LogP contribution is 2.31. The molecule has 1 aliphatic rings. The molecule has 0 aromatic heterocycles. The molecule has 1 aliphatic carbocycles. The van der Waals surface area contributed by atoms with Gasteiger partial charge in [0.1, 0.15) is 0 Å². The average Bonchev–Trinajstić information content (AvgIpc) is 2.43. The summed E-state index contributed by atoms with van der Waals surface area (Å²) in [6.07, 6.45) is 10.3. The van der Waals surface area contributed by atoms with Gasteiger partial charge in [0.25, 0.3) is 0 Å². The fraction of sp³-hybridized carbons (Fsp3) is 0.333. The lowest BCUT2D eigenvalue weighted by Crippen LogP contribution is -1.93. The van der Waals surface area contributed by atoms with Gasteiger partial charge in [0.05, 0.1) is 0 Å². The van der Waals surface area contributed by atoms with Crippen LogP contribution in [0.3, 0.4) is 0 Å². The van der Waals surface area contributed by atoms with Crippen LogP contribution in [0.1, 0.15) is 29.7 Å². The maximum Gasteiger partial charge on any atom is 0.0435 e. The van der Waals surface area contributed by atoms with Gasteiger partial charge in [0.15, 0.2) is 0 Å². The standard InChI is InChI=1S/C14H15Br.CH3Br/c15-14(13-9-5-2-6-10-13)11-12-7-3-1-4-8-12;1-2/h2-3,5-10,14H,1,4,11H2;1H3. The second-order valence-corrected chi connectivity index (χ2v) is 4.95. The number of hydrogen-bond acceptors (Lipinski definition) is 0. The normalized spacial score (nSPS) is 15.6. The SMILES string of the molecule is BrC(CC1=CCCC=C1)c1ccccc1.CBr. The Morgan fingerprint density at radius 3 is 2.41 bits per heavy atom. The van der Waals surface area contributed by atoms with E-state index in [0.29, 0.717) is 4.83 Å². The summed E-state index contributed by atoms with van der Waals surface area (Å²) in [5, 5.41) is 0. The van der Waals surface area contributed by atoms with Crippen molar-refractivity contribution < 1.29 is 0 Å². The first kappa shape index (κ1) is 14.7. The van der Waals surface area contributed by atoms with Crippen LogP contribution in [-0.2, 0) is 0 Å². The Balaban J connectivity index is 0.000000686. The predicted octanol–water partition coefficient (Wildman–Crippen LogP) is 5.80. The van der Waals surface area contributed by atoms with Crippen molar-refractivity contribution in [3.05, 3.63) is 59.7 Å². The first-order valence-electron chi connectivity index (χ1n) is 5.78. The van der Waals surface area contributed by atoms with Crippen molar-refractivity contribution in [2.45, 2.75) is 24.1 Å². The molecule has 0 heterocycles. The summed E-state index contributed by atoms with van der Waals surface area (Å²) in [5.41, 5.74) is 2.81. The molecule has 1 aromatic carbocycles. The topological polar surface area (TPSA) is 0 Å². The lowest BCUT2D eigenvalue weighted by Gasteiger charge is -2.12. The molecule has 0 saturated heterocycles. The maximum absolute atomic E-state index is 3.75. The van der Waals surface area contributed by atoms with Crippen LogP contribution in [0.25, 0.3) is 0 Å². The minimum atomic E-state index is 0.438. The Kier molecular flexibility index (Phi) is 7.54. The smallest absolute Gasteiger partial charge is 0.0435 e. The molecular weight excluding hydrogens is 340 g/mol. The Morgan fingerprint density at radius 2 is 1.82 bits per heavy atom. The lowest BCUT2D eigenvalue weighted by molar-refractivity contribution is 0.913. The zero-order valence-electron chi connectivity index (χ0n) is 10.1. The Morgan fingerprint density at radius 1 is 1.12 bits per heavy atom. The molecule has 0 fully saturated rings. The van der Waals surface area contributed by atoms with E-state index < -0.39 is 0 Å². The third-order valence-electron chi connectivity index (χ3n) is 2.65. The van der Waals surface area contributed by atoms with Gasteiger partial charge in [0, 0.05) is 4.83 Å². The maximum atomic E-state index is 3.75. The van der Waals surface area contributed by atoms with Crippen molar-refractivity contribution in [1.29, 1.82) is 0 Å². The summed E-state index contributed by atoms with van der Waals surface area (Å²) in [5.74, 6) is 1.81. The van der Waals surface area contributed by atoms with Gasteiger partial charge in [-0.2, -0.15) is 0 Å². The molecule has 2 rings (SSSR count). The fourth-order valence-electron chi connectivity index (χ4n) is 1.81. The van der Waals surface area contributed by atoms with E-state index in [1.807, 2.05) is 5.83 Å². The quantitative estimate of drug-likeness (QED) is 0.599. The molecule has 1 atom stereocenters. The zero-order chi connectivity index (χ0) is 12.5. The lowest BCUT2D eigenvalue weighted by atomic mass is 10.00. The van der Waals surface area contributed by atoms with Crippen LogP contribution in [-0.4, -0.2) is 5.83 Å². The van der Waals surface area contributed by atoms with Crippen molar-refractivity contribution in [1.82, 2.24) is 0 Å². The van der Waals surface area contributed by atoms with E-state index in [-0.39, 0.29) is 0 Å². The Hall–Kier alpha value is -0.340. The third kappa shape index (κ3) is 5.22. The van der Waals surface area contributed by atoms with Crippen LogP contribution in [0.5, 0.6) is 0 Å². The molecule has 0 bridgehead atoms. The first-order valence-corrected chi connectivity index (χ1v) is 8.29. The van der Waals surface area contributed by atoms with E-state index in [0.717, 1.165) is 6.42 Å². The number of rotatable bonds is 3. The van der Waals surface area contributed by atoms with Crippen LogP contribution in [0.4, 0.5) is 0 Å². The molecule has 17 heavy (non-hydrogen) atoms. The van der Waals surface area contributed by atoms with Crippen molar-refractivity contribution in [3.8, 4) is 0 Å². The molecular formula is C15H18Br2. The summed E-state index contributed by atoms with van der Waals surface area (Å²) in [7, 11) is 0. The summed E-state index contributed by atoms with van der Waals surface area (Å²) >= 11 is 6.68. The van der Waals surface area contributed by atoms with E-state index in [4.69, 9.17) is 0 Å². The highest BCUT2D eigenvalue weighted by molar-refractivity contribution is 9.09. The molecule has 0 nitrogen and oxygen atoms in total. The van der Waals surface area contributed by atoms with E-state index in [9.17, 15) is 0 Å². The molecule has 0 spiro atoms. The number of alkyl halides is 2. The summed E-state index contributed by atoms with van der Waals surface area (Å²) in [6.45, 7) is 0. The number of benzene rings is 1. The third-order valence-corrected chi connectivity index (χ3v) is 3.50. The minimum Gasteiger partial charge on any atom is -0.0966 e. The van der Waals surface area contributed by atoms with Crippen molar-refractivity contribution >= 4 is 31.9 Å². The van der Waals surface area contributed by atoms with Gasteiger partial charge in [0.2, 0.25) is 0 Å². The van der Waals surface area contributed by atoms with Gasteiger partial charge >= 0.3 is 0 Å².